The van der Waals surface area contributed by atoms with Crippen molar-refractivity contribution < 1.29 is 4.74 Å². The summed E-state index contributed by atoms with van der Waals surface area (Å²) >= 11 is 11.8. The Kier molecular flexibility index (Phi) is 5.94. The monoisotopic (exact) mass is 370 g/mol. The second-order valence-corrected chi connectivity index (χ2v) is 6.16. The summed E-state index contributed by atoms with van der Waals surface area (Å²) in [5.74, 6) is 0.818. The lowest BCUT2D eigenvalue weighted by atomic mass is 10.2. The van der Waals surface area contributed by atoms with Crippen molar-refractivity contribution in [2.24, 2.45) is 5.10 Å². The van der Waals surface area contributed by atoms with Gasteiger partial charge in [0, 0.05) is 0 Å². The fourth-order valence-electron chi connectivity index (χ4n) is 2.14. The van der Waals surface area contributed by atoms with E-state index < -0.39 is 0 Å². The molecule has 0 saturated carbocycles. The number of halogens is 2. The van der Waals surface area contributed by atoms with Crippen molar-refractivity contribution in [3.63, 3.8) is 0 Å². The summed E-state index contributed by atoms with van der Waals surface area (Å²) < 4.78 is 5.76. The van der Waals surface area contributed by atoms with E-state index in [1.54, 1.807) is 18.3 Å². The zero-order valence-electron chi connectivity index (χ0n) is 13.3. The number of benzene rings is 3. The summed E-state index contributed by atoms with van der Waals surface area (Å²) in [4.78, 5) is 0. The first-order valence-electron chi connectivity index (χ1n) is 7.71. The van der Waals surface area contributed by atoms with E-state index in [2.05, 4.69) is 10.5 Å². The highest BCUT2D eigenvalue weighted by molar-refractivity contribution is 6.42. The van der Waals surface area contributed by atoms with Crippen LogP contribution in [0.1, 0.15) is 11.1 Å². The molecule has 3 aromatic rings. The number of hydrogen-bond donors (Lipinski definition) is 1. The van der Waals surface area contributed by atoms with Gasteiger partial charge in [-0.3, -0.25) is 5.43 Å². The molecule has 0 atom stereocenters. The van der Waals surface area contributed by atoms with Crippen LogP contribution in [-0.4, -0.2) is 6.21 Å². The topological polar surface area (TPSA) is 33.6 Å². The van der Waals surface area contributed by atoms with Gasteiger partial charge in [-0.05, 0) is 53.6 Å². The van der Waals surface area contributed by atoms with Gasteiger partial charge in [-0.1, -0.05) is 53.5 Å². The van der Waals surface area contributed by atoms with Crippen LogP contribution in [0.25, 0.3) is 0 Å². The number of rotatable bonds is 6. The second-order valence-electron chi connectivity index (χ2n) is 5.34. The lowest BCUT2D eigenvalue weighted by Crippen LogP contribution is -1.95. The summed E-state index contributed by atoms with van der Waals surface area (Å²) in [6.45, 7) is 0.549. The van der Waals surface area contributed by atoms with Crippen LogP contribution in [0, 0.1) is 0 Å². The smallest absolute Gasteiger partial charge is 0.119 e. The van der Waals surface area contributed by atoms with Gasteiger partial charge in [0.15, 0.2) is 0 Å². The first kappa shape index (κ1) is 17.3. The van der Waals surface area contributed by atoms with Crippen LogP contribution in [0.2, 0.25) is 10.0 Å². The Morgan fingerprint density at radius 3 is 2.36 bits per heavy atom. The van der Waals surface area contributed by atoms with Crippen molar-refractivity contribution in [2.75, 3.05) is 5.43 Å². The molecule has 0 bridgehead atoms. The van der Waals surface area contributed by atoms with Crippen molar-refractivity contribution in [1.29, 1.82) is 0 Å². The number of hydrazone groups is 1. The van der Waals surface area contributed by atoms with Gasteiger partial charge >= 0.3 is 0 Å². The van der Waals surface area contributed by atoms with Crippen LogP contribution >= 0.6 is 23.2 Å². The highest BCUT2D eigenvalue weighted by atomic mass is 35.5. The van der Waals surface area contributed by atoms with Gasteiger partial charge in [-0.25, -0.2) is 0 Å². The quantitative estimate of drug-likeness (QED) is 0.425. The average Bonchev–Trinajstić information content (AvgIpc) is 2.65. The van der Waals surface area contributed by atoms with Crippen molar-refractivity contribution in [2.45, 2.75) is 6.61 Å². The third-order valence-corrected chi connectivity index (χ3v) is 4.19. The molecule has 0 heterocycles. The van der Waals surface area contributed by atoms with Crippen molar-refractivity contribution >= 4 is 35.1 Å². The summed E-state index contributed by atoms with van der Waals surface area (Å²) in [5, 5.41) is 5.19. The standard InChI is InChI=1S/C20H16Cl2N2O/c21-19-11-8-17(12-20(19)22)24-23-13-15-6-9-18(10-7-15)25-14-16-4-2-1-3-5-16/h1-13,24H,14H2. The van der Waals surface area contributed by atoms with Crippen LogP contribution in [-0.2, 0) is 6.61 Å². The van der Waals surface area contributed by atoms with E-state index >= 15 is 0 Å². The van der Waals surface area contributed by atoms with Crippen LogP contribution < -0.4 is 10.2 Å². The predicted octanol–water partition coefficient (Wildman–Crippen LogP) is 6.02. The molecule has 0 aromatic heterocycles. The molecular weight excluding hydrogens is 355 g/mol. The molecule has 25 heavy (non-hydrogen) atoms. The molecule has 3 rings (SSSR count). The number of hydrogen-bond acceptors (Lipinski definition) is 3. The summed E-state index contributed by atoms with van der Waals surface area (Å²) in [6, 6.07) is 23.1. The van der Waals surface area contributed by atoms with Crippen molar-refractivity contribution in [3.05, 3.63) is 94.0 Å². The minimum atomic E-state index is 0.488. The molecule has 126 valence electrons. The van der Waals surface area contributed by atoms with Crippen molar-refractivity contribution in [3.8, 4) is 5.75 Å². The fourth-order valence-corrected chi connectivity index (χ4v) is 2.44. The minimum absolute atomic E-state index is 0.488. The van der Waals surface area contributed by atoms with E-state index in [0.717, 1.165) is 22.6 Å². The molecule has 5 heteroatoms. The minimum Gasteiger partial charge on any atom is -0.489 e. The Hall–Kier alpha value is -2.49. The van der Waals surface area contributed by atoms with Gasteiger partial charge in [0.2, 0.25) is 0 Å². The van der Waals surface area contributed by atoms with E-state index in [4.69, 9.17) is 27.9 Å². The van der Waals surface area contributed by atoms with Gasteiger partial charge in [0.1, 0.15) is 12.4 Å². The molecule has 0 fully saturated rings. The molecule has 0 aliphatic carbocycles. The van der Waals surface area contributed by atoms with E-state index in [9.17, 15) is 0 Å². The number of nitrogens with one attached hydrogen (secondary N) is 1. The molecular formula is C20H16Cl2N2O. The van der Waals surface area contributed by atoms with E-state index in [1.165, 1.54) is 0 Å². The molecule has 0 spiro atoms. The molecule has 0 saturated heterocycles. The highest BCUT2D eigenvalue weighted by Crippen LogP contribution is 2.24. The third-order valence-electron chi connectivity index (χ3n) is 3.46. The Labute approximate surface area is 156 Å². The van der Waals surface area contributed by atoms with E-state index in [-0.39, 0.29) is 0 Å². The molecule has 0 aliphatic heterocycles. The Morgan fingerprint density at radius 1 is 0.880 bits per heavy atom. The first-order valence-corrected chi connectivity index (χ1v) is 8.47. The van der Waals surface area contributed by atoms with Crippen LogP contribution in [0.5, 0.6) is 5.75 Å². The van der Waals surface area contributed by atoms with Gasteiger partial charge in [0.05, 0.1) is 21.9 Å². The van der Waals surface area contributed by atoms with Gasteiger partial charge < -0.3 is 4.74 Å². The molecule has 3 nitrogen and oxygen atoms in total. The fraction of sp³-hybridized carbons (Fsp3) is 0.0500. The van der Waals surface area contributed by atoms with E-state index in [0.29, 0.717) is 16.7 Å². The Balaban J connectivity index is 1.54. The van der Waals surface area contributed by atoms with Crippen LogP contribution in [0.3, 0.4) is 0 Å². The molecule has 0 aliphatic rings. The zero-order valence-corrected chi connectivity index (χ0v) is 14.8. The predicted molar refractivity (Wildman–Crippen MR) is 105 cm³/mol. The maximum absolute atomic E-state index is 5.96. The summed E-state index contributed by atoms with van der Waals surface area (Å²) in [6.07, 6.45) is 1.73. The highest BCUT2D eigenvalue weighted by Gasteiger charge is 1.98. The summed E-state index contributed by atoms with van der Waals surface area (Å²) in [5.41, 5.74) is 5.79. The Bertz CT molecular complexity index is 849. The SMILES string of the molecule is Clc1ccc(NN=Cc2ccc(OCc3ccccc3)cc2)cc1Cl. The number of ether oxygens (including phenoxy) is 1. The van der Waals surface area contributed by atoms with Gasteiger partial charge in [-0.2, -0.15) is 5.10 Å². The number of nitrogens with zero attached hydrogens (tertiary/aromatic N) is 1. The molecule has 0 radical (unpaired) electrons. The lowest BCUT2D eigenvalue weighted by molar-refractivity contribution is 0.306. The van der Waals surface area contributed by atoms with Gasteiger partial charge in [0.25, 0.3) is 0 Å². The molecule has 0 unspecified atom stereocenters. The second kappa shape index (κ2) is 8.56. The first-order chi connectivity index (χ1) is 12.2. The maximum Gasteiger partial charge on any atom is 0.119 e. The van der Waals surface area contributed by atoms with Crippen molar-refractivity contribution in [1.82, 2.24) is 0 Å². The average molecular weight is 371 g/mol. The van der Waals surface area contributed by atoms with Crippen LogP contribution in [0.15, 0.2) is 77.9 Å². The molecule has 1 N–H and O–H groups in total. The largest absolute Gasteiger partial charge is 0.489 e. The molecule has 0 amide bonds. The third kappa shape index (κ3) is 5.24. The maximum atomic E-state index is 5.96. The van der Waals surface area contributed by atoms with E-state index in [1.807, 2.05) is 60.7 Å². The molecule has 3 aromatic carbocycles. The lowest BCUT2D eigenvalue weighted by Gasteiger charge is -2.06. The zero-order chi connectivity index (χ0) is 17.5. The van der Waals surface area contributed by atoms with Crippen LogP contribution in [0.4, 0.5) is 5.69 Å². The normalized spacial score (nSPS) is 10.8. The Morgan fingerprint density at radius 2 is 1.64 bits per heavy atom. The van der Waals surface area contributed by atoms with Gasteiger partial charge in [-0.15, -0.1) is 0 Å². The number of anilines is 1. The summed E-state index contributed by atoms with van der Waals surface area (Å²) in [7, 11) is 0.